The van der Waals surface area contributed by atoms with Crippen molar-refractivity contribution in [1.29, 1.82) is 0 Å². The number of hydrogen-bond donors (Lipinski definition) is 2. The first kappa shape index (κ1) is 31.3. The number of halogens is 2. The molecule has 0 aliphatic heterocycles. The zero-order valence-electron chi connectivity index (χ0n) is 24.3. The van der Waals surface area contributed by atoms with E-state index in [0.717, 1.165) is 47.6 Å². The van der Waals surface area contributed by atoms with Gasteiger partial charge in [-0.25, -0.2) is 4.98 Å². The standard InChI is InChI=1S/C31H36Cl2N6O3/c1-5-14-38(6-2)15-13-34-27(40)17-21-9-7-12-26(20(3)16-21)36-31-35-19-22-18-23(28-24(32)10-8-11-25(28)33)30(41)39(42-4)29(22)37-31/h7-8,10-12,16,18-19H,5-6,9,13-15,17H2,1-4H3,(H,34,40)(H,35,36,37). The number of amides is 1. The van der Waals surface area contributed by atoms with E-state index < -0.39 is 5.56 Å². The molecule has 222 valence electrons. The first-order valence-electron chi connectivity index (χ1n) is 14.0. The summed E-state index contributed by atoms with van der Waals surface area (Å²) in [4.78, 5) is 42.7. The highest BCUT2D eigenvalue weighted by Crippen LogP contribution is 2.33. The highest BCUT2D eigenvalue weighted by Gasteiger charge is 2.18. The summed E-state index contributed by atoms with van der Waals surface area (Å²) < 4.78 is 1.10. The molecule has 11 heteroatoms. The predicted molar refractivity (Wildman–Crippen MR) is 170 cm³/mol. The van der Waals surface area contributed by atoms with Gasteiger partial charge in [-0.3, -0.25) is 9.59 Å². The third kappa shape index (κ3) is 7.40. The number of aromatic nitrogens is 3. The first-order valence-corrected chi connectivity index (χ1v) is 14.8. The molecule has 1 aromatic carbocycles. The Morgan fingerprint density at radius 3 is 2.64 bits per heavy atom. The van der Waals surface area contributed by atoms with E-state index in [-0.39, 0.29) is 23.1 Å². The van der Waals surface area contributed by atoms with Crippen molar-refractivity contribution in [3.63, 3.8) is 0 Å². The normalized spacial score (nSPS) is 13.4. The van der Waals surface area contributed by atoms with E-state index in [1.54, 1.807) is 30.5 Å². The van der Waals surface area contributed by atoms with Crippen LogP contribution in [0.4, 0.5) is 5.95 Å². The van der Waals surface area contributed by atoms with Crippen LogP contribution in [0.2, 0.25) is 10.0 Å². The van der Waals surface area contributed by atoms with Crippen molar-refractivity contribution < 1.29 is 9.63 Å². The van der Waals surface area contributed by atoms with Crippen LogP contribution in [0.3, 0.4) is 0 Å². The summed E-state index contributed by atoms with van der Waals surface area (Å²) in [6.45, 7) is 9.75. The molecule has 0 spiro atoms. The predicted octanol–water partition coefficient (Wildman–Crippen LogP) is 5.63. The van der Waals surface area contributed by atoms with Gasteiger partial charge in [0.05, 0.1) is 15.6 Å². The van der Waals surface area contributed by atoms with Gasteiger partial charge in [0, 0.05) is 42.4 Å². The van der Waals surface area contributed by atoms with Crippen molar-refractivity contribution in [3.05, 3.63) is 85.9 Å². The van der Waals surface area contributed by atoms with E-state index in [1.807, 2.05) is 25.2 Å². The van der Waals surface area contributed by atoms with E-state index in [0.29, 0.717) is 40.4 Å². The quantitative estimate of drug-likeness (QED) is 0.274. The summed E-state index contributed by atoms with van der Waals surface area (Å²) in [6.07, 6.45) is 9.66. The van der Waals surface area contributed by atoms with Gasteiger partial charge in [0.2, 0.25) is 11.9 Å². The monoisotopic (exact) mass is 610 g/mol. The Balaban J connectivity index is 1.53. The minimum absolute atomic E-state index is 0.0132. The molecule has 1 amide bonds. The highest BCUT2D eigenvalue weighted by molar-refractivity contribution is 6.39. The molecule has 0 unspecified atom stereocenters. The van der Waals surface area contributed by atoms with Crippen molar-refractivity contribution in [2.75, 3.05) is 38.6 Å². The van der Waals surface area contributed by atoms with Crippen molar-refractivity contribution in [1.82, 2.24) is 24.9 Å². The number of carbonyl (C=O) groups is 1. The van der Waals surface area contributed by atoms with Crippen molar-refractivity contribution in [2.45, 2.75) is 40.0 Å². The van der Waals surface area contributed by atoms with E-state index in [4.69, 9.17) is 28.0 Å². The van der Waals surface area contributed by atoms with Gasteiger partial charge in [0.15, 0.2) is 5.65 Å². The summed E-state index contributed by atoms with van der Waals surface area (Å²) in [5, 5.41) is 7.55. The molecular formula is C31H36Cl2N6O3. The summed E-state index contributed by atoms with van der Waals surface area (Å²) in [5.74, 6) is 0.302. The largest absolute Gasteiger partial charge is 0.412 e. The molecule has 0 bridgehead atoms. The van der Waals surface area contributed by atoms with Crippen LogP contribution in [0.5, 0.6) is 0 Å². The molecule has 2 N–H and O–H groups in total. The highest BCUT2D eigenvalue weighted by atomic mass is 35.5. The molecule has 4 rings (SSSR count). The second-order valence-corrected chi connectivity index (χ2v) is 10.8. The zero-order valence-corrected chi connectivity index (χ0v) is 25.8. The van der Waals surface area contributed by atoms with Crippen molar-refractivity contribution in [2.24, 2.45) is 0 Å². The summed E-state index contributed by atoms with van der Waals surface area (Å²) in [5.41, 5.74) is 3.26. The SMILES string of the molecule is CCCN(CC)CCNC(=O)CC1=CC(C)=C(Nc2ncc3cc(-c4c(Cl)cccc4Cl)c(=O)n(OC)c3n2)C=CC1. The number of carbonyl (C=O) groups excluding carboxylic acids is 1. The molecule has 9 nitrogen and oxygen atoms in total. The zero-order chi connectivity index (χ0) is 30.2. The van der Waals surface area contributed by atoms with Gasteiger partial charge in [-0.1, -0.05) is 60.8 Å². The van der Waals surface area contributed by atoms with E-state index in [9.17, 15) is 9.59 Å². The molecule has 2 heterocycles. The fourth-order valence-electron chi connectivity index (χ4n) is 4.89. The van der Waals surface area contributed by atoms with Gasteiger partial charge < -0.3 is 20.4 Å². The molecule has 0 saturated carbocycles. The van der Waals surface area contributed by atoms with Gasteiger partial charge in [-0.2, -0.15) is 4.98 Å². The number of likely N-dealkylation sites (N-methyl/N-ethyl adjacent to an activating group) is 1. The molecule has 0 atom stereocenters. The lowest BCUT2D eigenvalue weighted by Gasteiger charge is -2.19. The van der Waals surface area contributed by atoms with Crippen LogP contribution in [0.1, 0.15) is 40.0 Å². The number of rotatable bonds is 12. The van der Waals surface area contributed by atoms with Crippen LogP contribution < -0.4 is 21.0 Å². The number of benzene rings is 1. The molecular weight excluding hydrogens is 575 g/mol. The Morgan fingerprint density at radius 1 is 1.19 bits per heavy atom. The van der Waals surface area contributed by atoms with Gasteiger partial charge in [0.25, 0.3) is 5.56 Å². The fourth-order valence-corrected chi connectivity index (χ4v) is 5.49. The summed E-state index contributed by atoms with van der Waals surface area (Å²) in [7, 11) is 1.39. The molecule has 0 fully saturated rings. The fraction of sp³-hybridized carbons (Fsp3) is 0.355. The van der Waals surface area contributed by atoms with Crippen LogP contribution in [-0.2, 0) is 4.79 Å². The second-order valence-electron chi connectivity index (χ2n) is 10.0. The Bertz CT molecular complexity index is 1590. The van der Waals surface area contributed by atoms with E-state index in [2.05, 4.69) is 39.3 Å². The average molecular weight is 612 g/mol. The Hall–Kier alpha value is -3.66. The Labute approximate surface area is 255 Å². The van der Waals surface area contributed by atoms with E-state index >= 15 is 0 Å². The van der Waals surface area contributed by atoms with Crippen molar-refractivity contribution in [3.8, 4) is 11.1 Å². The Kier molecular flexibility index (Phi) is 10.8. The van der Waals surface area contributed by atoms with Crippen LogP contribution in [0.15, 0.2) is 70.3 Å². The van der Waals surface area contributed by atoms with Gasteiger partial charge in [0.1, 0.15) is 7.11 Å². The first-order chi connectivity index (χ1) is 20.2. The minimum Gasteiger partial charge on any atom is -0.412 e. The molecule has 42 heavy (non-hydrogen) atoms. The third-order valence-corrected chi connectivity index (χ3v) is 7.63. The topological polar surface area (TPSA) is 101 Å². The number of nitrogens with zero attached hydrogens (tertiary/aromatic N) is 4. The van der Waals surface area contributed by atoms with E-state index in [1.165, 1.54) is 7.11 Å². The maximum atomic E-state index is 13.4. The minimum atomic E-state index is -0.451. The molecule has 0 radical (unpaired) electrons. The lowest BCUT2D eigenvalue weighted by molar-refractivity contribution is -0.120. The molecule has 3 aromatic rings. The van der Waals surface area contributed by atoms with Crippen LogP contribution in [-0.4, -0.2) is 58.8 Å². The van der Waals surface area contributed by atoms with Crippen LogP contribution in [0, 0.1) is 0 Å². The molecule has 1 aliphatic carbocycles. The number of pyridine rings is 1. The maximum absolute atomic E-state index is 13.4. The number of allylic oxidation sites excluding steroid dienone is 4. The summed E-state index contributed by atoms with van der Waals surface area (Å²) in [6, 6.07) is 6.71. The average Bonchev–Trinajstić information content (AvgIpc) is 3.13. The lowest BCUT2D eigenvalue weighted by Crippen LogP contribution is -2.35. The number of anilines is 1. The third-order valence-electron chi connectivity index (χ3n) is 7.00. The number of nitrogens with one attached hydrogen (secondary N) is 2. The number of fused-ring (bicyclic) bond motifs is 1. The van der Waals surface area contributed by atoms with Gasteiger partial charge in [-0.05, 0) is 62.7 Å². The maximum Gasteiger partial charge on any atom is 0.293 e. The molecule has 0 saturated heterocycles. The van der Waals surface area contributed by atoms with Crippen LogP contribution >= 0.6 is 23.2 Å². The molecule has 2 aromatic heterocycles. The second kappa shape index (κ2) is 14.5. The smallest absolute Gasteiger partial charge is 0.293 e. The molecule has 1 aliphatic rings. The summed E-state index contributed by atoms with van der Waals surface area (Å²) >= 11 is 12.8. The van der Waals surface area contributed by atoms with Gasteiger partial charge in [-0.15, -0.1) is 4.73 Å². The lowest BCUT2D eigenvalue weighted by atomic mass is 10.1. The van der Waals surface area contributed by atoms with Crippen LogP contribution in [0.25, 0.3) is 22.2 Å². The number of hydrogen-bond acceptors (Lipinski definition) is 7. The Morgan fingerprint density at radius 2 is 1.95 bits per heavy atom. The van der Waals surface area contributed by atoms with Gasteiger partial charge >= 0.3 is 0 Å². The van der Waals surface area contributed by atoms with Crippen molar-refractivity contribution >= 4 is 46.1 Å².